The van der Waals surface area contributed by atoms with E-state index in [0.29, 0.717) is 18.7 Å². The van der Waals surface area contributed by atoms with Crippen LogP contribution >= 0.6 is 12.4 Å². The molecule has 0 aliphatic heterocycles. The van der Waals surface area contributed by atoms with Gasteiger partial charge >= 0.3 is 0 Å². The molecule has 102 valence electrons. The third kappa shape index (κ3) is 4.63. The maximum atomic E-state index is 12.7. The van der Waals surface area contributed by atoms with E-state index < -0.39 is 6.10 Å². The SMILES string of the molecule is CCN(CC)C(=O)CC(O)c1ccc(F)cc1.Cl. The second kappa shape index (κ2) is 8.06. The lowest BCUT2D eigenvalue weighted by molar-refractivity contribution is -0.132. The molecule has 1 rings (SSSR count). The average molecular weight is 276 g/mol. The summed E-state index contributed by atoms with van der Waals surface area (Å²) in [6.45, 7) is 5.05. The first-order chi connectivity index (χ1) is 8.08. The molecule has 0 aliphatic carbocycles. The third-order valence-electron chi connectivity index (χ3n) is 2.74. The molecule has 0 bridgehead atoms. The zero-order valence-corrected chi connectivity index (χ0v) is 11.4. The molecule has 0 aliphatic rings. The number of carbonyl (C=O) groups excluding carboxylic acids is 1. The van der Waals surface area contributed by atoms with Crippen LogP contribution in [0.5, 0.6) is 0 Å². The van der Waals surface area contributed by atoms with E-state index in [1.807, 2.05) is 13.8 Å². The average Bonchev–Trinajstić information content (AvgIpc) is 2.31. The minimum atomic E-state index is -0.872. The van der Waals surface area contributed by atoms with Gasteiger partial charge in [-0.3, -0.25) is 4.79 Å². The fourth-order valence-electron chi connectivity index (χ4n) is 1.67. The van der Waals surface area contributed by atoms with E-state index in [4.69, 9.17) is 0 Å². The molecule has 0 fully saturated rings. The number of benzene rings is 1. The number of aliphatic hydroxyl groups excluding tert-OH is 1. The fraction of sp³-hybridized carbons (Fsp3) is 0.462. The van der Waals surface area contributed by atoms with Crippen LogP contribution in [0.3, 0.4) is 0 Å². The van der Waals surface area contributed by atoms with Gasteiger partial charge in [0, 0.05) is 13.1 Å². The minimum absolute atomic E-state index is 0. The Morgan fingerprint density at radius 2 is 1.78 bits per heavy atom. The van der Waals surface area contributed by atoms with Crippen LogP contribution in [0.15, 0.2) is 24.3 Å². The van der Waals surface area contributed by atoms with Crippen molar-refractivity contribution in [1.29, 1.82) is 0 Å². The first-order valence-electron chi connectivity index (χ1n) is 5.79. The topological polar surface area (TPSA) is 40.5 Å². The van der Waals surface area contributed by atoms with Gasteiger partial charge in [0.25, 0.3) is 0 Å². The molecule has 0 saturated heterocycles. The van der Waals surface area contributed by atoms with Crippen molar-refractivity contribution in [3.05, 3.63) is 35.6 Å². The highest BCUT2D eigenvalue weighted by Crippen LogP contribution is 2.17. The van der Waals surface area contributed by atoms with E-state index in [1.54, 1.807) is 4.90 Å². The molecule has 0 radical (unpaired) electrons. The number of halogens is 2. The van der Waals surface area contributed by atoms with Gasteiger partial charge in [-0.1, -0.05) is 12.1 Å². The smallest absolute Gasteiger partial charge is 0.225 e. The van der Waals surface area contributed by atoms with Gasteiger partial charge in [0.2, 0.25) is 5.91 Å². The predicted octanol–water partition coefficient (Wildman–Crippen LogP) is 2.54. The molecule has 3 nitrogen and oxygen atoms in total. The molecule has 1 atom stereocenters. The maximum absolute atomic E-state index is 12.7. The van der Waals surface area contributed by atoms with Crippen LogP contribution in [-0.2, 0) is 4.79 Å². The second-order valence-corrected chi connectivity index (χ2v) is 3.84. The van der Waals surface area contributed by atoms with Crippen molar-refractivity contribution in [2.75, 3.05) is 13.1 Å². The summed E-state index contributed by atoms with van der Waals surface area (Å²) in [7, 11) is 0. The van der Waals surface area contributed by atoms with E-state index in [-0.39, 0.29) is 30.6 Å². The number of nitrogens with zero attached hydrogens (tertiary/aromatic N) is 1. The highest BCUT2D eigenvalue weighted by molar-refractivity contribution is 5.85. The van der Waals surface area contributed by atoms with Crippen molar-refractivity contribution < 1.29 is 14.3 Å². The summed E-state index contributed by atoms with van der Waals surface area (Å²) in [4.78, 5) is 13.4. The zero-order chi connectivity index (χ0) is 12.8. The number of carbonyl (C=O) groups is 1. The van der Waals surface area contributed by atoms with E-state index in [0.717, 1.165) is 0 Å². The van der Waals surface area contributed by atoms with Gasteiger partial charge in [-0.05, 0) is 31.5 Å². The van der Waals surface area contributed by atoms with Crippen LogP contribution in [0, 0.1) is 5.82 Å². The van der Waals surface area contributed by atoms with Crippen LogP contribution in [0.2, 0.25) is 0 Å². The zero-order valence-electron chi connectivity index (χ0n) is 10.6. The van der Waals surface area contributed by atoms with E-state index in [2.05, 4.69) is 0 Å². The summed E-state index contributed by atoms with van der Waals surface area (Å²) in [6.07, 6.45) is -0.837. The Balaban J connectivity index is 0.00000289. The van der Waals surface area contributed by atoms with E-state index in [9.17, 15) is 14.3 Å². The van der Waals surface area contributed by atoms with Gasteiger partial charge < -0.3 is 10.0 Å². The van der Waals surface area contributed by atoms with Crippen molar-refractivity contribution in [2.24, 2.45) is 0 Å². The number of hydrogen-bond acceptors (Lipinski definition) is 2. The summed E-state index contributed by atoms with van der Waals surface area (Å²) >= 11 is 0. The van der Waals surface area contributed by atoms with Crippen LogP contribution in [0.4, 0.5) is 4.39 Å². The lowest BCUT2D eigenvalue weighted by Crippen LogP contribution is -2.31. The molecular formula is C13H19ClFNO2. The monoisotopic (exact) mass is 275 g/mol. The fourth-order valence-corrected chi connectivity index (χ4v) is 1.67. The van der Waals surface area contributed by atoms with Gasteiger partial charge in [0.1, 0.15) is 5.82 Å². The maximum Gasteiger partial charge on any atom is 0.225 e. The van der Waals surface area contributed by atoms with E-state index in [1.165, 1.54) is 24.3 Å². The lowest BCUT2D eigenvalue weighted by atomic mass is 10.1. The summed E-state index contributed by atoms with van der Waals surface area (Å²) < 4.78 is 12.7. The molecule has 0 heterocycles. The van der Waals surface area contributed by atoms with Crippen molar-refractivity contribution >= 4 is 18.3 Å². The number of amides is 1. The van der Waals surface area contributed by atoms with Gasteiger partial charge in [-0.2, -0.15) is 0 Å². The Labute approximate surface area is 113 Å². The second-order valence-electron chi connectivity index (χ2n) is 3.84. The summed E-state index contributed by atoms with van der Waals surface area (Å²) in [6, 6.07) is 5.55. The Hall–Kier alpha value is -1.13. The molecule has 1 aromatic rings. The number of hydrogen-bond donors (Lipinski definition) is 1. The van der Waals surface area contributed by atoms with E-state index >= 15 is 0 Å². The number of aliphatic hydroxyl groups is 1. The van der Waals surface area contributed by atoms with Crippen molar-refractivity contribution in [1.82, 2.24) is 4.90 Å². The van der Waals surface area contributed by atoms with Crippen molar-refractivity contribution in [2.45, 2.75) is 26.4 Å². The number of rotatable bonds is 5. The van der Waals surface area contributed by atoms with Crippen LogP contribution in [0.1, 0.15) is 31.9 Å². The third-order valence-corrected chi connectivity index (χ3v) is 2.74. The quantitative estimate of drug-likeness (QED) is 0.897. The molecule has 0 saturated carbocycles. The highest BCUT2D eigenvalue weighted by Gasteiger charge is 2.16. The molecule has 1 N–H and O–H groups in total. The molecule has 5 heteroatoms. The normalized spacial score (nSPS) is 11.6. The largest absolute Gasteiger partial charge is 0.388 e. The Morgan fingerprint density at radius 1 is 1.28 bits per heavy atom. The minimum Gasteiger partial charge on any atom is -0.388 e. The summed E-state index contributed by atoms with van der Waals surface area (Å²) in [5.41, 5.74) is 0.562. The van der Waals surface area contributed by atoms with Gasteiger partial charge in [-0.25, -0.2) is 4.39 Å². The van der Waals surface area contributed by atoms with Gasteiger partial charge in [-0.15, -0.1) is 12.4 Å². The molecule has 1 aromatic carbocycles. The van der Waals surface area contributed by atoms with Crippen molar-refractivity contribution in [3.8, 4) is 0 Å². The molecule has 0 spiro atoms. The Kier molecular flexibility index (Phi) is 7.55. The first kappa shape index (κ1) is 16.9. The first-order valence-corrected chi connectivity index (χ1v) is 5.79. The summed E-state index contributed by atoms with van der Waals surface area (Å²) in [5.74, 6) is -0.442. The standard InChI is InChI=1S/C13H18FNO2.ClH/c1-3-15(4-2)13(17)9-12(16)10-5-7-11(14)8-6-10;/h5-8,12,16H,3-4,9H2,1-2H3;1H. The summed E-state index contributed by atoms with van der Waals surface area (Å²) in [5, 5.41) is 9.85. The Bertz CT molecular complexity index is 366. The van der Waals surface area contributed by atoms with Crippen molar-refractivity contribution in [3.63, 3.8) is 0 Å². The van der Waals surface area contributed by atoms with Gasteiger partial charge in [0.15, 0.2) is 0 Å². The van der Waals surface area contributed by atoms with Crippen LogP contribution in [0.25, 0.3) is 0 Å². The van der Waals surface area contributed by atoms with Gasteiger partial charge in [0.05, 0.1) is 12.5 Å². The molecule has 1 unspecified atom stereocenters. The Morgan fingerprint density at radius 3 is 2.22 bits per heavy atom. The van der Waals surface area contributed by atoms with Crippen LogP contribution < -0.4 is 0 Å². The molecular weight excluding hydrogens is 257 g/mol. The molecule has 18 heavy (non-hydrogen) atoms. The van der Waals surface area contributed by atoms with Crippen LogP contribution in [-0.4, -0.2) is 29.0 Å². The molecule has 1 amide bonds. The highest BCUT2D eigenvalue weighted by atomic mass is 35.5. The lowest BCUT2D eigenvalue weighted by Gasteiger charge is -2.20. The molecule has 0 aromatic heterocycles. The predicted molar refractivity (Wildman–Crippen MR) is 71.2 cm³/mol.